The van der Waals surface area contributed by atoms with Crippen LogP contribution in [-0.4, -0.2) is 42.2 Å². The van der Waals surface area contributed by atoms with Gasteiger partial charge in [0.2, 0.25) is 0 Å². The summed E-state index contributed by atoms with van der Waals surface area (Å²) in [5.74, 6) is -0.705. The second-order valence-corrected chi connectivity index (χ2v) is 12.0. The van der Waals surface area contributed by atoms with E-state index in [1.54, 1.807) is 32.2 Å². The summed E-state index contributed by atoms with van der Waals surface area (Å²) in [4.78, 5) is 4.93. The van der Waals surface area contributed by atoms with Gasteiger partial charge in [-0.3, -0.25) is 4.21 Å². The molecule has 4 rings (SSSR count). The van der Waals surface area contributed by atoms with Gasteiger partial charge in [0.05, 0.1) is 23.7 Å². The highest BCUT2D eigenvalue weighted by atomic mass is 35.5. The summed E-state index contributed by atoms with van der Waals surface area (Å²) in [5, 5.41) is 19.9. The van der Waals surface area contributed by atoms with Gasteiger partial charge >= 0.3 is 0 Å². The Kier molecular flexibility index (Phi) is 8.26. The van der Waals surface area contributed by atoms with Gasteiger partial charge in [-0.05, 0) is 37.1 Å². The van der Waals surface area contributed by atoms with E-state index >= 15 is 0 Å². The second kappa shape index (κ2) is 10.9. The van der Waals surface area contributed by atoms with Gasteiger partial charge in [0.15, 0.2) is 0 Å². The molecule has 0 saturated heterocycles. The Morgan fingerprint density at radius 2 is 2.00 bits per heavy atom. The first-order chi connectivity index (χ1) is 17.4. The lowest BCUT2D eigenvalue weighted by atomic mass is 9.85. The molecule has 0 radical (unpaired) electrons. The molecule has 37 heavy (non-hydrogen) atoms. The fourth-order valence-electron chi connectivity index (χ4n) is 4.54. The number of nitrogens with zero attached hydrogens (tertiary/aromatic N) is 2. The fraction of sp³-hybridized carbons (Fsp3) is 0.370. The van der Waals surface area contributed by atoms with Crippen molar-refractivity contribution in [1.82, 2.24) is 9.55 Å². The summed E-state index contributed by atoms with van der Waals surface area (Å²) in [7, 11) is -1.46. The van der Waals surface area contributed by atoms with Gasteiger partial charge in [-0.25, -0.2) is 13.8 Å². The number of hydrogen-bond donors (Lipinski definition) is 2. The monoisotopic (exact) mass is 568 g/mol. The summed E-state index contributed by atoms with van der Waals surface area (Å²) in [6, 6.07) is 3.80. The molecule has 2 N–H and O–H groups in total. The first-order valence-electron chi connectivity index (χ1n) is 11.7. The lowest BCUT2D eigenvalue weighted by molar-refractivity contribution is 0.0741. The van der Waals surface area contributed by atoms with Crippen LogP contribution in [0.25, 0.3) is 0 Å². The van der Waals surface area contributed by atoms with Crippen molar-refractivity contribution in [3.8, 4) is 0 Å². The Morgan fingerprint density at radius 3 is 2.59 bits per heavy atom. The topological polar surface area (TPSA) is 75.4 Å². The molecule has 0 spiro atoms. The van der Waals surface area contributed by atoms with Gasteiger partial charge in [0.25, 0.3) is 0 Å². The maximum Gasteiger partial charge on any atom is 0.124 e. The standard InChI is InChI=1S/C27H28Cl2F2N2O3S/c1-27(2,35)25-13-33(26(32-25)11-16-4-6-18(30)12-20(16)28)23-7-5-15(8-21(23)29)17-9-22(31)19(14-34)24(10-17)37(3)36/h4-8,10,12-13,17,21,23,34-35H,9,11,14H2,1-3H3. The number of imidazole rings is 1. The first-order valence-corrected chi connectivity index (χ1v) is 14.1. The fourth-order valence-corrected chi connectivity index (χ4v) is 6.00. The third-order valence-corrected chi connectivity index (χ3v) is 8.29. The van der Waals surface area contributed by atoms with Crippen molar-refractivity contribution in [2.75, 3.05) is 12.9 Å². The average Bonchev–Trinajstić information content (AvgIpc) is 3.24. The van der Waals surface area contributed by atoms with Crippen LogP contribution in [0.2, 0.25) is 5.02 Å². The van der Waals surface area contributed by atoms with Crippen LogP contribution in [0.3, 0.4) is 0 Å². The number of alkyl halides is 1. The molecule has 4 atom stereocenters. The van der Waals surface area contributed by atoms with E-state index in [1.807, 2.05) is 22.8 Å². The van der Waals surface area contributed by atoms with Gasteiger partial charge in [-0.15, -0.1) is 11.6 Å². The van der Waals surface area contributed by atoms with Crippen molar-refractivity contribution in [2.24, 2.45) is 5.92 Å². The zero-order chi connectivity index (χ0) is 27.1. The van der Waals surface area contributed by atoms with E-state index in [0.29, 0.717) is 22.0 Å². The SMILES string of the molecule is CS(=O)C1=CC(C2=CC(Cl)C(n3cc(C(C)(C)O)nc3Cc3ccc(F)cc3Cl)C=C2)CC(F)=C1CO. The zero-order valence-corrected chi connectivity index (χ0v) is 22.9. The lowest BCUT2D eigenvalue weighted by Gasteiger charge is -2.28. The van der Waals surface area contributed by atoms with Crippen molar-refractivity contribution in [1.29, 1.82) is 0 Å². The highest BCUT2D eigenvalue weighted by Gasteiger charge is 2.31. The Hall–Kier alpha value is -2.10. The summed E-state index contributed by atoms with van der Waals surface area (Å²) in [6.45, 7) is 2.76. The Balaban J connectivity index is 1.66. The molecule has 0 fully saturated rings. The Bertz CT molecular complexity index is 1360. The number of allylic oxidation sites excluding steroid dienone is 6. The second-order valence-electron chi connectivity index (χ2n) is 9.72. The maximum atomic E-state index is 14.7. The first kappa shape index (κ1) is 27.9. The number of aliphatic hydroxyl groups excluding tert-OH is 1. The summed E-state index contributed by atoms with van der Waals surface area (Å²) in [5.41, 5.74) is 0.772. The molecule has 2 aliphatic rings. The van der Waals surface area contributed by atoms with Gasteiger partial charge in [-0.1, -0.05) is 42.0 Å². The predicted molar refractivity (Wildman–Crippen MR) is 143 cm³/mol. The molecule has 1 aromatic carbocycles. The molecular weight excluding hydrogens is 541 g/mol. The van der Waals surface area contributed by atoms with Crippen LogP contribution < -0.4 is 0 Å². The average molecular weight is 570 g/mol. The zero-order valence-electron chi connectivity index (χ0n) is 20.6. The molecule has 5 nitrogen and oxygen atoms in total. The van der Waals surface area contributed by atoms with Gasteiger partial charge in [0.1, 0.15) is 23.1 Å². The number of halogens is 4. The third kappa shape index (κ3) is 5.99. The van der Waals surface area contributed by atoms with E-state index in [1.165, 1.54) is 18.4 Å². The number of benzene rings is 1. The molecule has 0 aliphatic heterocycles. The number of rotatable bonds is 7. The molecule has 0 bridgehead atoms. The van der Waals surface area contributed by atoms with Gasteiger partial charge < -0.3 is 14.8 Å². The van der Waals surface area contributed by atoms with E-state index in [2.05, 4.69) is 4.98 Å². The van der Waals surface area contributed by atoms with Crippen molar-refractivity contribution in [3.63, 3.8) is 0 Å². The molecule has 198 valence electrons. The van der Waals surface area contributed by atoms with Crippen molar-refractivity contribution >= 4 is 34.0 Å². The summed E-state index contributed by atoms with van der Waals surface area (Å²) >= 11 is 13.1. The molecule has 1 heterocycles. The molecule has 1 aromatic heterocycles. The number of aliphatic hydroxyl groups is 2. The Morgan fingerprint density at radius 1 is 1.27 bits per heavy atom. The van der Waals surface area contributed by atoms with E-state index < -0.39 is 40.0 Å². The van der Waals surface area contributed by atoms with Crippen LogP contribution in [0.15, 0.2) is 70.6 Å². The molecule has 2 aromatic rings. The lowest BCUT2D eigenvalue weighted by Crippen LogP contribution is -2.23. The largest absolute Gasteiger partial charge is 0.392 e. The molecule has 2 aliphatic carbocycles. The number of hydrogen-bond acceptors (Lipinski definition) is 4. The van der Waals surface area contributed by atoms with Crippen molar-refractivity contribution < 1.29 is 23.2 Å². The van der Waals surface area contributed by atoms with Crippen LogP contribution in [0, 0.1) is 11.7 Å². The van der Waals surface area contributed by atoms with Crippen molar-refractivity contribution in [3.05, 3.63) is 98.5 Å². The molecule has 0 saturated carbocycles. The van der Waals surface area contributed by atoms with E-state index in [9.17, 15) is 23.2 Å². The number of aromatic nitrogens is 2. The third-order valence-electron chi connectivity index (χ3n) is 6.56. The smallest absolute Gasteiger partial charge is 0.124 e. The van der Waals surface area contributed by atoms with E-state index in [4.69, 9.17) is 23.2 Å². The Labute approximate surface area is 227 Å². The van der Waals surface area contributed by atoms with Crippen LogP contribution in [0.1, 0.15) is 43.4 Å². The van der Waals surface area contributed by atoms with E-state index in [0.717, 1.165) is 5.57 Å². The molecular formula is C27H28Cl2F2N2O3S. The minimum Gasteiger partial charge on any atom is -0.392 e. The van der Waals surface area contributed by atoms with Crippen LogP contribution in [0.5, 0.6) is 0 Å². The molecule has 4 unspecified atom stereocenters. The highest BCUT2D eigenvalue weighted by molar-refractivity contribution is 7.88. The predicted octanol–water partition coefficient (Wildman–Crippen LogP) is 5.64. The van der Waals surface area contributed by atoms with Crippen LogP contribution in [0.4, 0.5) is 8.78 Å². The normalized spacial score (nSPS) is 23.2. The maximum absolute atomic E-state index is 14.7. The minimum absolute atomic E-state index is 0.0449. The van der Waals surface area contributed by atoms with Crippen LogP contribution >= 0.6 is 23.2 Å². The van der Waals surface area contributed by atoms with E-state index in [-0.39, 0.29) is 35.4 Å². The summed E-state index contributed by atoms with van der Waals surface area (Å²) in [6.07, 6.45) is 10.8. The molecule has 0 amide bonds. The van der Waals surface area contributed by atoms with Gasteiger partial charge in [0, 0.05) is 57.5 Å². The minimum atomic E-state index is -1.46. The van der Waals surface area contributed by atoms with Crippen LogP contribution in [-0.2, 0) is 22.8 Å². The quantitative estimate of drug-likeness (QED) is 0.424. The highest BCUT2D eigenvalue weighted by Crippen LogP contribution is 2.39. The summed E-state index contributed by atoms with van der Waals surface area (Å²) < 4.78 is 42.3. The molecule has 10 heteroatoms. The van der Waals surface area contributed by atoms with Gasteiger partial charge in [-0.2, -0.15) is 0 Å². The van der Waals surface area contributed by atoms with Crippen molar-refractivity contribution in [2.45, 2.75) is 43.7 Å².